The van der Waals surface area contributed by atoms with Crippen molar-refractivity contribution in [1.82, 2.24) is 10.3 Å². The lowest BCUT2D eigenvalue weighted by atomic mass is 10.1. The Labute approximate surface area is 109 Å². The predicted molar refractivity (Wildman–Crippen MR) is 71.1 cm³/mol. The maximum Gasteiger partial charge on any atom is 0.323 e. The van der Waals surface area contributed by atoms with Crippen molar-refractivity contribution in [3.8, 4) is 0 Å². The molecule has 2 rings (SSSR count). The van der Waals surface area contributed by atoms with Crippen molar-refractivity contribution >= 4 is 28.6 Å². The molecule has 0 spiro atoms. The first-order valence-electron chi connectivity index (χ1n) is 5.69. The smallest absolute Gasteiger partial charge is 0.323 e. The van der Waals surface area contributed by atoms with Crippen LogP contribution in [0.25, 0.3) is 10.9 Å². The van der Waals surface area contributed by atoms with Gasteiger partial charge in [0.1, 0.15) is 6.54 Å². The minimum Gasteiger partial charge on any atom is -0.480 e. The van der Waals surface area contributed by atoms with E-state index in [2.05, 4.69) is 15.6 Å². The Morgan fingerprint density at radius 1 is 1.32 bits per heavy atom. The van der Waals surface area contributed by atoms with E-state index in [4.69, 9.17) is 5.11 Å². The van der Waals surface area contributed by atoms with Gasteiger partial charge in [-0.2, -0.15) is 0 Å². The Balaban J connectivity index is 2.24. The van der Waals surface area contributed by atoms with Gasteiger partial charge in [-0.3, -0.25) is 9.78 Å². The molecule has 0 atom stereocenters. The SMILES string of the molecule is Cc1cc(NC(=O)NCC(=O)O)c2ccccc2n1. The molecule has 1 heterocycles. The molecule has 6 nitrogen and oxygen atoms in total. The van der Waals surface area contributed by atoms with Crippen LogP contribution in [0.4, 0.5) is 10.5 Å². The van der Waals surface area contributed by atoms with E-state index < -0.39 is 18.5 Å². The number of aryl methyl sites for hydroxylation is 1. The number of nitrogens with zero attached hydrogens (tertiary/aromatic N) is 1. The molecule has 0 radical (unpaired) electrons. The van der Waals surface area contributed by atoms with Crippen LogP contribution >= 0.6 is 0 Å². The fraction of sp³-hybridized carbons (Fsp3) is 0.154. The molecule has 1 aromatic carbocycles. The Bertz CT molecular complexity index is 640. The molecule has 3 N–H and O–H groups in total. The van der Waals surface area contributed by atoms with E-state index in [1.807, 2.05) is 31.2 Å². The Kier molecular flexibility index (Phi) is 3.61. The van der Waals surface area contributed by atoms with Gasteiger partial charge in [0.15, 0.2) is 0 Å². The summed E-state index contributed by atoms with van der Waals surface area (Å²) in [5.41, 5.74) is 2.15. The summed E-state index contributed by atoms with van der Waals surface area (Å²) in [6.07, 6.45) is 0. The molecule has 0 bridgehead atoms. The van der Waals surface area contributed by atoms with E-state index in [0.717, 1.165) is 16.6 Å². The van der Waals surface area contributed by atoms with Crippen molar-refractivity contribution in [3.05, 3.63) is 36.0 Å². The number of carbonyl (C=O) groups is 2. The fourth-order valence-electron chi connectivity index (χ4n) is 1.73. The summed E-state index contributed by atoms with van der Waals surface area (Å²) in [6.45, 7) is 1.40. The van der Waals surface area contributed by atoms with Gasteiger partial charge < -0.3 is 15.7 Å². The van der Waals surface area contributed by atoms with E-state index in [0.29, 0.717) is 5.69 Å². The number of hydrogen-bond donors (Lipinski definition) is 3. The highest BCUT2D eigenvalue weighted by molar-refractivity contribution is 6.00. The molecule has 19 heavy (non-hydrogen) atoms. The maximum absolute atomic E-state index is 11.6. The van der Waals surface area contributed by atoms with E-state index in [1.54, 1.807) is 6.07 Å². The first-order valence-corrected chi connectivity index (χ1v) is 5.69. The lowest BCUT2D eigenvalue weighted by Gasteiger charge is -2.09. The molecule has 2 aromatic rings. The zero-order valence-corrected chi connectivity index (χ0v) is 10.3. The molecule has 0 saturated heterocycles. The first-order chi connectivity index (χ1) is 9.06. The van der Waals surface area contributed by atoms with Gasteiger partial charge in [-0.15, -0.1) is 0 Å². The fourth-order valence-corrected chi connectivity index (χ4v) is 1.73. The third-order valence-electron chi connectivity index (χ3n) is 2.49. The number of benzene rings is 1. The van der Waals surface area contributed by atoms with Crippen molar-refractivity contribution < 1.29 is 14.7 Å². The highest BCUT2D eigenvalue weighted by atomic mass is 16.4. The number of fused-ring (bicyclic) bond motifs is 1. The lowest BCUT2D eigenvalue weighted by molar-refractivity contribution is -0.135. The van der Waals surface area contributed by atoms with Crippen LogP contribution in [0.2, 0.25) is 0 Å². The number of amides is 2. The topological polar surface area (TPSA) is 91.3 Å². The Morgan fingerprint density at radius 2 is 2.05 bits per heavy atom. The highest BCUT2D eigenvalue weighted by Crippen LogP contribution is 2.22. The zero-order chi connectivity index (χ0) is 13.8. The van der Waals surface area contributed by atoms with Crippen LogP contribution in [0, 0.1) is 6.92 Å². The van der Waals surface area contributed by atoms with Gasteiger partial charge in [0.25, 0.3) is 0 Å². The van der Waals surface area contributed by atoms with Crippen LogP contribution in [0.1, 0.15) is 5.69 Å². The molecule has 0 aliphatic heterocycles. The number of urea groups is 1. The van der Waals surface area contributed by atoms with Gasteiger partial charge in [0, 0.05) is 11.1 Å². The maximum atomic E-state index is 11.6. The minimum atomic E-state index is -1.09. The minimum absolute atomic E-state index is 0.423. The van der Waals surface area contributed by atoms with Gasteiger partial charge in [-0.25, -0.2) is 4.79 Å². The number of anilines is 1. The number of carbonyl (C=O) groups excluding carboxylic acids is 1. The van der Waals surface area contributed by atoms with Crippen molar-refractivity contribution in [2.24, 2.45) is 0 Å². The second-order valence-corrected chi connectivity index (χ2v) is 4.03. The standard InChI is InChI=1S/C13H13N3O3/c1-8-6-11(16-13(19)14-7-12(17)18)9-4-2-3-5-10(9)15-8/h2-6H,7H2,1H3,(H,17,18)(H2,14,15,16,19). The number of nitrogens with one attached hydrogen (secondary N) is 2. The number of rotatable bonds is 3. The van der Waals surface area contributed by atoms with E-state index in [1.165, 1.54) is 0 Å². The number of carboxylic acids is 1. The highest BCUT2D eigenvalue weighted by Gasteiger charge is 2.08. The quantitative estimate of drug-likeness (QED) is 0.783. The van der Waals surface area contributed by atoms with Crippen LogP contribution in [0.3, 0.4) is 0 Å². The number of carboxylic acid groups (broad SMARTS) is 1. The van der Waals surface area contributed by atoms with Crippen molar-refractivity contribution in [1.29, 1.82) is 0 Å². The van der Waals surface area contributed by atoms with Gasteiger partial charge in [-0.05, 0) is 19.1 Å². The summed E-state index contributed by atoms with van der Waals surface area (Å²) in [7, 11) is 0. The van der Waals surface area contributed by atoms with Gasteiger partial charge in [0.05, 0.1) is 11.2 Å². The molecule has 1 aromatic heterocycles. The molecule has 0 fully saturated rings. The monoisotopic (exact) mass is 259 g/mol. The second-order valence-electron chi connectivity index (χ2n) is 4.03. The number of hydrogen-bond acceptors (Lipinski definition) is 3. The molecular weight excluding hydrogens is 246 g/mol. The van der Waals surface area contributed by atoms with Crippen LogP contribution in [0.5, 0.6) is 0 Å². The van der Waals surface area contributed by atoms with E-state index in [-0.39, 0.29) is 0 Å². The van der Waals surface area contributed by atoms with Gasteiger partial charge in [-0.1, -0.05) is 18.2 Å². The van der Waals surface area contributed by atoms with Crippen LogP contribution in [-0.2, 0) is 4.79 Å². The van der Waals surface area contributed by atoms with Gasteiger partial charge >= 0.3 is 12.0 Å². The van der Waals surface area contributed by atoms with Crippen LogP contribution in [-0.4, -0.2) is 28.6 Å². The number of aliphatic carboxylic acids is 1. The molecule has 0 unspecified atom stereocenters. The third-order valence-corrected chi connectivity index (χ3v) is 2.49. The summed E-state index contributed by atoms with van der Waals surface area (Å²) in [4.78, 5) is 26.3. The number of pyridine rings is 1. The average Bonchev–Trinajstić information content (AvgIpc) is 2.36. The summed E-state index contributed by atoms with van der Waals surface area (Å²) in [5.74, 6) is -1.09. The normalized spacial score (nSPS) is 10.2. The lowest BCUT2D eigenvalue weighted by Crippen LogP contribution is -2.33. The summed E-state index contributed by atoms with van der Waals surface area (Å²) in [5, 5.41) is 14.2. The summed E-state index contributed by atoms with van der Waals surface area (Å²) < 4.78 is 0. The summed E-state index contributed by atoms with van der Waals surface area (Å²) in [6, 6.07) is 8.58. The second kappa shape index (κ2) is 5.34. The van der Waals surface area contributed by atoms with Crippen molar-refractivity contribution in [2.75, 3.05) is 11.9 Å². The van der Waals surface area contributed by atoms with Crippen molar-refractivity contribution in [2.45, 2.75) is 6.92 Å². The Morgan fingerprint density at radius 3 is 2.79 bits per heavy atom. The number of aromatic nitrogens is 1. The Hall–Kier alpha value is -2.63. The first kappa shape index (κ1) is 12.8. The molecule has 0 aliphatic rings. The van der Waals surface area contributed by atoms with E-state index in [9.17, 15) is 9.59 Å². The van der Waals surface area contributed by atoms with Crippen LogP contribution < -0.4 is 10.6 Å². The third kappa shape index (κ3) is 3.19. The zero-order valence-electron chi connectivity index (χ0n) is 10.3. The largest absolute Gasteiger partial charge is 0.480 e. The average molecular weight is 259 g/mol. The van der Waals surface area contributed by atoms with Gasteiger partial charge in [0.2, 0.25) is 0 Å². The molecular formula is C13H13N3O3. The predicted octanol–water partition coefficient (Wildman–Crippen LogP) is 1.75. The van der Waals surface area contributed by atoms with Crippen molar-refractivity contribution in [3.63, 3.8) is 0 Å². The number of para-hydroxylation sites is 1. The molecule has 6 heteroatoms. The molecule has 2 amide bonds. The molecule has 0 aliphatic carbocycles. The molecule has 0 saturated carbocycles. The van der Waals surface area contributed by atoms with Crippen LogP contribution in [0.15, 0.2) is 30.3 Å². The summed E-state index contributed by atoms with van der Waals surface area (Å²) >= 11 is 0. The molecule has 98 valence electrons. The van der Waals surface area contributed by atoms with E-state index >= 15 is 0 Å².